The van der Waals surface area contributed by atoms with Gasteiger partial charge in [-0.2, -0.15) is 0 Å². The zero-order valence-corrected chi connectivity index (χ0v) is 14.9. The summed E-state index contributed by atoms with van der Waals surface area (Å²) in [5.41, 5.74) is 1.59. The molecule has 5 nitrogen and oxygen atoms in total. The molecule has 1 unspecified atom stereocenters. The van der Waals surface area contributed by atoms with Crippen LogP contribution in [0.3, 0.4) is 0 Å². The van der Waals surface area contributed by atoms with Crippen molar-refractivity contribution >= 4 is 0 Å². The molecule has 2 aromatic carbocycles. The van der Waals surface area contributed by atoms with E-state index in [4.69, 9.17) is 14.2 Å². The molecule has 0 radical (unpaired) electrons. The SMILES string of the molecule is CCN(Cc1ccc2c(c1)OCO2)CC(O)COCc1ccccc1F. The fourth-order valence-electron chi connectivity index (χ4n) is 2.87. The van der Waals surface area contributed by atoms with Gasteiger partial charge in [-0.25, -0.2) is 4.39 Å². The monoisotopic (exact) mass is 361 g/mol. The van der Waals surface area contributed by atoms with Crippen LogP contribution in [0.2, 0.25) is 0 Å². The molecular formula is C20H24FNO4. The molecule has 1 aliphatic rings. The quantitative estimate of drug-likeness (QED) is 0.744. The minimum atomic E-state index is -0.643. The minimum Gasteiger partial charge on any atom is -0.454 e. The lowest BCUT2D eigenvalue weighted by Crippen LogP contribution is -2.34. The molecule has 0 amide bonds. The van der Waals surface area contributed by atoms with Crippen LogP contribution in [-0.2, 0) is 17.9 Å². The molecule has 0 saturated heterocycles. The Morgan fingerprint density at radius 1 is 1.19 bits per heavy atom. The summed E-state index contributed by atoms with van der Waals surface area (Å²) in [5.74, 6) is 1.23. The van der Waals surface area contributed by atoms with Crippen LogP contribution in [0.4, 0.5) is 4.39 Å². The highest BCUT2D eigenvalue weighted by atomic mass is 19.1. The van der Waals surface area contributed by atoms with Gasteiger partial charge < -0.3 is 19.3 Å². The molecular weight excluding hydrogens is 337 g/mol. The molecule has 6 heteroatoms. The van der Waals surface area contributed by atoms with E-state index in [1.807, 2.05) is 25.1 Å². The van der Waals surface area contributed by atoms with Crippen molar-refractivity contribution in [2.75, 3.05) is 26.5 Å². The average molecular weight is 361 g/mol. The second-order valence-corrected chi connectivity index (χ2v) is 6.28. The van der Waals surface area contributed by atoms with Gasteiger partial charge in [0.2, 0.25) is 6.79 Å². The molecule has 1 N–H and O–H groups in total. The molecule has 1 atom stereocenters. The summed E-state index contributed by atoms with van der Waals surface area (Å²) in [5, 5.41) is 10.2. The molecule has 0 aliphatic carbocycles. The van der Waals surface area contributed by atoms with E-state index in [1.165, 1.54) is 6.07 Å². The summed E-state index contributed by atoms with van der Waals surface area (Å²) < 4.78 is 29.7. The lowest BCUT2D eigenvalue weighted by Gasteiger charge is -2.23. The van der Waals surface area contributed by atoms with Gasteiger partial charge in [0.15, 0.2) is 11.5 Å². The van der Waals surface area contributed by atoms with Gasteiger partial charge in [-0.3, -0.25) is 4.90 Å². The normalized spacial score (nSPS) is 14.0. The van der Waals surface area contributed by atoms with Gasteiger partial charge in [-0.15, -0.1) is 0 Å². The first-order chi connectivity index (χ1) is 12.7. The van der Waals surface area contributed by atoms with Crippen LogP contribution in [-0.4, -0.2) is 42.6 Å². The predicted octanol–water partition coefficient (Wildman–Crippen LogP) is 2.95. The molecule has 3 rings (SSSR count). The number of aliphatic hydroxyl groups is 1. The smallest absolute Gasteiger partial charge is 0.231 e. The second-order valence-electron chi connectivity index (χ2n) is 6.28. The number of likely N-dealkylation sites (N-methyl/N-ethyl adjacent to an activating group) is 1. The van der Waals surface area contributed by atoms with Crippen molar-refractivity contribution in [2.24, 2.45) is 0 Å². The maximum Gasteiger partial charge on any atom is 0.231 e. The Kier molecular flexibility index (Phi) is 6.44. The molecule has 1 aliphatic heterocycles. The van der Waals surface area contributed by atoms with E-state index in [0.717, 1.165) is 23.6 Å². The van der Waals surface area contributed by atoms with Gasteiger partial charge >= 0.3 is 0 Å². The molecule has 0 aromatic heterocycles. The number of hydrogen-bond acceptors (Lipinski definition) is 5. The first kappa shape index (κ1) is 18.6. The van der Waals surface area contributed by atoms with E-state index in [9.17, 15) is 9.50 Å². The van der Waals surface area contributed by atoms with Gasteiger partial charge in [0.05, 0.1) is 19.3 Å². The van der Waals surface area contributed by atoms with Crippen LogP contribution in [0, 0.1) is 5.82 Å². The van der Waals surface area contributed by atoms with Crippen LogP contribution in [0.25, 0.3) is 0 Å². The lowest BCUT2D eigenvalue weighted by molar-refractivity contribution is 0.00864. The van der Waals surface area contributed by atoms with Crippen LogP contribution >= 0.6 is 0 Å². The molecule has 0 bridgehead atoms. The average Bonchev–Trinajstić information content (AvgIpc) is 3.10. The van der Waals surface area contributed by atoms with E-state index >= 15 is 0 Å². The van der Waals surface area contributed by atoms with Crippen molar-refractivity contribution in [3.05, 3.63) is 59.4 Å². The third kappa shape index (κ3) is 4.94. The summed E-state index contributed by atoms with van der Waals surface area (Å²) in [6, 6.07) is 12.4. The number of hydrogen-bond donors (Lipinski definition) is 1. The number of benzene rings is 2. The molecule has 2 aromatic rings. The first-order valence-corrected chi connectivity index (χ1v) is 8.75. The number of halogens is 1. The van der Waals surface area contributed by atoms with Crippen LogP contribution < -0.4 is 9.47 Å². The Bertz CT molecular complexity index is 725. The third-order valence-corrected chi connectivity index (χ3v) is 4.28. The van der Waals surface area contributed by atoms with Crippen molar-refractivity contribution in [3.63, 3.8) is 0 Å². The van der Waals surface area contributed by atoms with Gasteiger partial charge in [0, 0.05) is 18.7 Å². The number of ether oxygens (including phenoxy) is 3. The Hall–Kier alpha value is -2.15. The Balaban J connectivity index is 1.46. The highest BCUT2D eigenvalue weighted by Crippen LogP contribution is 2.32. The standard InChI is InChI=1S/C20H24FNO4/c1-2-22(10-15-7-8-19-20(9-15)26-14-25-19)11-17(23)13-24-12-16-5-3-4-6-18(16)21/h3-9,17,23H,2,10-14H2,1H3. The molecule has 0 fully saturated rings. The molecule has 140 valence electrons. The molecule has 26 heavy (non-hydrogen) atoms. The van der Waals surface area contributed by atoms with E-state index in [-0.39, 0.29) is 25.8 Å². The lowest BCUT2D eigenvalue weighted by atomic mass is 10.2. The Labute approximate surface area is 152 Å². The maximum atomic E-state index is 13.5. The molecule has 0 saturated carbocycles. The number of rotatable bonds is 9. The zero-order chi connectivity index (χ0) is 18.4. The van der Waals surface area contributed by atoms with Gasteiger partial charge in [-0.1, -0.05) is 31.2 Å². The van der Waals surface area contributed by atoms with Crippen LogP contribution in [0.1, 0.15) is 18.1 Å². The van der Waals surface area contributed by atoms with Crippen molar-refractivity contribution in [1.82, 2.24) is 4.90 Å². The fourth-order valence-corrected chi connectivity index (χ4v) is 2.87. The highest BCUT2D eigenvalue weighted by Gasteiger charge is 2.16. The first-order valence-electron chi connectivity index (χ1n) is 8.75. The summed E-state index contributed by atoms with van der Waals surface area (Å²) in [6.07, 6.45) is -0.643. The Morgan fingerprint density at radius 3 is 2.81 bits per heavy atom. The fraction of sp³-hybridized carbons (Fsp3) is 0.400. The van der Waals surface area contributed by atoms with Crippen molar-refractivity contribution in [3.8, 4) is 11.5 Å². The minimum absolute atomic E-state index is 0.151. The van der Waals surface area contributed by atoms with E-state index < -0.39 is 6.10 Å². The number of aliphatic hydroxyl groups excluding tert-OH is 1. The summed E-state index contributed by atoms with van der Waals surface area (Å²) in [4.78, 5) is 2.12. The van der Waals surface area contributed by atoms with Gasteiger partial charge in [0.1, 0.15) is 5.82 Å². The zero-order valence-electron chi connectivity index (χ0n) is 14.9. The van der Waals surface area contributed by atoms with E-state index in [1.54, 1.807) is 18.2 Å². The summed E-state index contributed by atoms with van der Waals surface area (Å²) in [7, 11) is 0. The van der Waals surface area contributed by atoms with Crippen LogP contribution in [0.15, 0.2) is 42.5 Å². The topological polar surface area (TPSA) is 51.2 Å². The van der Waals surface area contributed by atoms with E-state index in [2.05, 4.69) is 4.90 Å². The predicted molar refractivity (Wildman–Crippen MR) is 95.6 cm³/mol. The van der Waals surface area contributed by atoms with Crippen molar-refractivity contribution < 1.29 is 23.7 Å². The summed E-state index contributed by atoms with van der Waals surface area (Å²) >= 11 is 0. The summed E-state index contributed by atoms with van der Waals surface area (Å²) in [6.45, 7) is 4.57. The van der Waals surface area contributed by atoms with Gasteiger partial charge in [-0.05, 0) is 30.3 Å². The highest BCUT2D eigenvalue weighted by molar-refractivity contribution is 5.44. The van der Waals surface area contributed by atoms with Crippen molar-refractivity contribution in [1.29, 1.82) is 0 Å². The third-order valence-electron chi connectivity index (χ3n) is 4.28. The molecule has 0 spiro atoms. The maximum absolute atomic E-state index is 13.5. The van der Waals surface area contributed by atoms with Crippen LogP contribution in [0.5, 0.6) is 11.5 Å². The Morgan fingerprint density at radius 2 is 2.00 bits per heavy atom. The second kappa shape index (κ2) is 8.98. The van der Waals surface area contributed by atoms with Crippen molar-refractivity contribution in [2.45, 2.75) is 26.2 Å². The van der Waals surface area contributed by atoms with E-state index in [0.29, 0.717) is 18.7 Å². The largest absolute Gasteiger partial charge is 0.454 e. The van der Waals surface area contributed by atoms with Gasteiger partial charge in [0.25, 0.3) is 0 Å². The number of nitrogens with zero attached hydrogens (tertiary/aromatic N) is 1. The molecule has 1 heterocycles. The number of fused-ring (bicyclic) bond motifs is 1.